The first-order valence-electron chi connectivity index (χ1n) is 7.30. The normalized spacial score (nSPS) is 18.1. The molecule has 0 aromatic heterocycles. The molecule has 0 bridgehead atoms. The third-order valence-corrected chi connectivity index (χ3v) is 8.03. The highest BCUT2D eigenvalue weighted by molar-refractivity contribution is 6.81. The molecule has 0 amide bonds. The third kappa shape index (κ3) is 3.52. The Morgan fingerprint density at radius 1 is 1.20 bits per heavy atom. The van der Waals surface area contributed by atoms with Crippen LogP contribution in [0.3, 0.4) is 0 Å². The van der Waals surface area contributed by atoms with Gasteiger partial charge in [0.1, 0.15) is 0 Å². The molecule has 2 rings (SSSR count). The summed E-state index contributed by atoms with van der Waals surface area (Å²) in [5.41, 5.74) is 1.92. The molecule has 1 heterocycles. The molecule has 0 aliphatic carbocycles. The Balaban J connectivity index is 2.13. The van der Waals surface area contributed by atoms with Crippen molar-refractivity contribution in [1.82, 2.24) is 0 Å². The van der Waals surface area contributed by atoms with Gasteiger partial charge < -0.3 is 8.99 Å². The number of rotatable bonds is 3. The number of hydrogen-bond acceptors (Lipinski definition) is 3. The smallest absolute Gasteiger partial charge is 0.324 e. The number of anilines is 1. The largest absolute Gasteiger partial charge is 0.516 e. The first kappa shape index (κ1) is 15.3. The van der Waals surface area contributed by atoms with Crippen LogP contribution in [0.4, 0.5) is 5.69 Å². The van der Waals surface area contributed by atoms with E-state index in [1.165, 1.54) is 18.2 Å². The number of nitrogens with zero attached hydrogens (tertiary/aromatic N) is 1. The van der Waals surface area contributed by atoms with E-state index >= 15 is 0 Å². The van der Waals surface area contributed by atoms with Crippen molar-refractivity contribution in [3.8, 4) is 0 Å². The van der Waals surface area contributed by atoms with Gasteiger partial charge >= 0.3 is 5.97 Å². The molecule has 1 fully saturated rings. The second kappa shape index (κ2) is 5.37. The summed E-state index contributed by atoms with van der Waals surface area (Å²) in [5, 5.41) is 0. The van der Waals surface area contributed by atoms with E-state index in [1.54, 1.807) is 0 Å². The van der Waals surface area contributed by atoms with Crippen LogP contribution in [-0.4, -0.2) is 29.1 Å². The van der Waals surface area contributed by atoms with Gasteiger partial charge in [-0.25, -0.2) is 4.79 Å². The summed E-state index contributed by atoms with van der Waals surface area (Å²) in [7, 11) is -3.09. The van der Waals surface area contributed by atoms with Gasteiger partial charge in [0.2, 0.25) is 8.32 Å². The molecular formula is C15H25NO2Si2. The first-order chi connectivity index (χ1) is 9.19. The predicted octanol–water partition coefficient (Wildman–Crippen LogP) is 4.09. The zero-order chi connectivity index (χ0) is 15.0. The van der Waals surface area contributed by atoms with Gasteiger partial charge in [-0.05, 0) is 56.4 Å². The summed E-state index contributed by atoms with van der Waals surface area (Å²) in [6.07, 6.45) is 1.29. The second-order valence-electron chi connectivity index (χ2n) is 7.12. The Labute approximate surface area is 124 Å². The van der Waals surface area contributed by atoms with E-state index in [9.17, 15) is 4.79 Å². The fourth-order valence-corrected chi connectivity index (χ4v) is 6.28. The van der Waals surface area contributed by atoms with Crippen molar-refractivity contribution in [3.63, 3.8) is 0 Å². The van der Waals surface area contributed by atoms with Crippen LogP contribution in [0.15, 0.2) is 24.3 Å². The van der Waals surface area contributed by atoms with Crippen LogP contribution in [-0.2, 0) is 4.43 Å². The second-order valence-corrected chi connectivity index (χ2v) is 16.2. The third-order valence-electron chi connectivity index (χ3n) is 3.71. The lowest BCUT2D eigenvalue weighted by molar-refractivity contribution is 0.0724. The molecule has 0 spiro atoms. The van der Waals surface area contributed by atoms with Crippen LogP contribution < -0.4 is 4.57 Å². The van der Waals surface area contributed by atoms with Gasteiger partial charge in [-0.3, -0.25) is 0 Å². The van der Waals surface area contributed by atoms with Crippen LogP contribution >= 0.6 is 0 Å². The summed E-state index contributed by atoms with van der Waals surface area (Å²) >= 11 is 0. The van der Waals surface area contributed by atoms with Gasteiger partial charge in [-0.1, -0.05) is 13.1 Å². The van der Waals surface area contributed by atoms with Crippen molar-refractivity contribution >= 4 is 28.2 Å². The molecule has 0 atom stereocenters. The highest BCUT2D eigenvalue weighted by Gasteiger charge is 2.34. The van der Waals surface area contributed by atoms with Crippen LogP contribution in [0, 0.1) is 0 Å². The minimum Gasteiger partial charge on any atom is -0.516 e. The highest BCUT2D eigenvalue weighted by atomic mass is 28.4. The van der Waals surface area contributed by atoms with Crippen molar-refractivity contribution in [2.75, 3.05) is 11.1 Å². The molecule has 0 unspecified atom stereocenters. The lowest BCUT2D eigenvalue weighted by atomic mass is 10.2. The van der Waals surface area contributed by atoms with Crippen LogP contribution in [0.25, 0.3) is 0 Å². The molecule has 0 radical (unpaired) electrons. The molecule has 1 aromatic carbocycles. The maximum absolute atomic E-state index is 12.0. The molecule has 110 valence electrons. The summed E-state index contributed by atoms with van der Waals surface area (Å²) in [6.45, 7) is 12.0. The Morgan fingerprint density at radius 2 is 1.80 bits per heavy atom. The fraction of sp³-hybridized carbons (Fsp3) is 0.533. The molecular weight excluding hydrogens is 282 g/mol. The lowest BCUT2D eigenvalue weighted by Gasteiger charge is -2.32. The molecule has 1 saturated heterocycles. The number of carbonyl (C=O) groups excluding carboxylic acids is 1. The van der Waals surface area contributed by atoms with E-state index in [0.717, 1.165) is 6.54 Å². The Morgan fingerprint density at radius 3 is 2.25 bits per heavy atom. The van der Waals surface area contributed by atoms with E-state index in [2.05, 4.69) is 29.8 Å². The van der Waals surface area contributed by atoms with Crippen molar-refractivity contribution < 1.29 is 9.22 Å². The topological polar surface area (TPSA) is 29.5 Å². The first-order valence-corrected chi connectivity index (χ1v) is 13.9. The van der Waals surface area contributed by atoms with Gasteiger partial charge in [0.15, 0.2) is 8.24 Å². The van der Waals surface area contributed by atoms with Crippen molar-refractivity contribution in [3.05, 3.63) is 29.8 Å². The maximum Gasteiger partial charge on any atom is 0.324 e. The Bertz CT molecular complexity index is 492. The van der Waals surface area contributed by atoms with Gasteiger partial charge in [-0.2, -0.15) is 0 Å². The molecule has 1 aromatic rings. The van der Waals surface area contributed by atoms with E-state index in [0.29, 0.717) is 5.56 Å². The van der Waals surface area contributed by atoms with Crippen molar-refractivity contribution in [2.45, 2.75) is 45.2 Å². The summed E-state index contributed by atoms with van der Waals surface area (Å²) in [5.74, 6) is -0.186. The average Bonchev–Trinajstić information content (AvgIpc) is 2.67. The average molecular weight is 308 g/mol. The fourth-order valence-electron chi connectivity index (χ4n) is 2.70. The van der Waals surface area contributed by atoms with E-state index in [1.807, 2.05) is 31.8 Å². The molecule has 0 N–H and O–H groups in total. The highest BCUT2D eigenvalue weighted by Crippen LogP contribution is 2.31. The van der Waals surface area contributed by atoms with Gasteiger partial charge in [0.05, 0.1) is 5.56 Å². The molecule has 1 aliphatic heterocycles. The quantitative estimate of drug-likeness (QED) is 0.788. The van der Waals surface area contributed by atoms with Crippen molar-refractivity contribution in [2.24, 2.45) is 0 Å². The number of hydrogen-bond donors (Lipinski definition) is 0. The van der Waals surface area contributed by atoms with Crippen molar-refractivity contribution in [1.29, 1.82) is 0 Å². The van der Waals surface area contributed by atoms with Gasteiger partial charge in [0.25, 0.3) is 0 Å². The molecule has 5 heteroatoms. The molecule has 20 heavy (non-hydrogen) atoms. The predicted molar refractivity (Wildman–Crippen MR) is 89.5 cm³/mol. The lowest BCUT2D eigenvalue weighted by Crippen LogP contribution is -2.43. The zero-order valence-electron chi connectivity index (χ0n) is 13.2. The number of benzene rings is 1. The molecule has 1 aliphatic rings. The zero-order valence-corrected chi connectivity index (χ0v) is 15.2. The van der Waals surface area contributed by atoms with E-state index in [-0.39, 0.29) is 5.97 Å². The van der Waals surface area contributed by atoms with Gasteiger partial charge in [-0.15, -0.1) is 0 Å². The van der Waals surface area contributed by atoms with Crippen LogP contribution in [0.1, 0.15) is 16.8 Å². The monoisotopic (exact) mass is 307 g/mol. The van der Waals surface area contributed by atoms with E-state index < -0.39 is 16.6 Å². The Hall–Kier alpha value is -1.08. The Kier molecular flexibility index (Phi) is 4.11. The standard InChI is InChI=1S/C15H25NO2Si2/c1-19(2,3)18-15(17)13-7-9-14(10-8-13)16-11-6-12-20(16,4)5/h7-10H,6,11-12H2,1-5H3. The minimum absolute atomic E-state index is 0.186. The minimum atomic E-state index is -1.82. The summed E-state index contributed by atoms with van der Waals surface area (Å²) in [6, 6.07) is 9.30. The van der Waals surface area contributed by atoms with Crippen LogP contribution in [0.5, 0.6) is 0 Å². The maximum atomic E-state index is 12.0. The van der Waals surface area contributed by atoms with Crippen LogP contribution in [0.2, 0.25) is 38.8 Å². The number of carbonyl (C=O) groups is 1. The van der Waals surface area contributed by atoms with Gasteiger partial charge in [0, 0.05) is 12.2 Å². The van der Waals surface area contributed by atoms with E-state index in [4.69, 9.17) is 4.43 Å². The summed E-state index contributed by atoms with van der Waals surface area (Å²) < 4.78 is 8.08. The molecule has 0 saturated carbocycles. The SMILES string of the molecule is C[Si](C)(C)OC(=O)c1ccc(N2CCC[Si]2(C)C)cc1. The molecule has 3 nitrogen and oxygen atoms in total. The summed E-state index contributed by atoms with van der Waals surface area (Å²) in [4.78, 5) is 12.0.